The van der Waals surface area contributed by atoms with Gasteiger partial charge < -0.3 is 10.1 Å². The fraction of sp³-hybridized carbons (Fsp3) is 0.632. The number of hydrogen-bond donors (Lipinski definition) is 1. The van der Waals surface area contributed by atoms with Gasteiger partial charge >= 0.3 is 0 Å². The van der Waals surface area contributed by atoms with Crippen molar-refractivity contribution in [1.82, 2.24) is 24.6 Å². The lowest BCUT2D eigenvalue weighted by Crippen LogP contribution is -2.43. The van der Waals surface area contributed by atoms with Crippen LogP contribution in [-0.4, -0.2) is 67.0 Å². The van der Waals surface area contributed by atoms with E-state index in [2.05, 4.69) is 22.6 Å². The summed E-state index contributed by atoms with van der Waals surface area (Å²) < 4.78 is 34.3. The Balaban J connectivity index is 1.69. The fourth-order valence-corrected chi connectivity index (χ4v) is 5.00. The van der Waals surface area contributed by atoms with Gasteiger partial charge in [0.15, 0.2) is 0 Å². The second-order valence-electron chi connectivity index (χ2n) is 7.40. The van der Waals surface area contributed by atoms with Crippen molar-refractivity contribution in [1.29, 1.82) is 0 Å². The summed E-state index contributed by atoms with van der Waals surface area (Å²) in [6.07, 6.45) is 1.92. The number of nitrogens with zero attached hydrogens (tertiary/aromatic N) is 4. The number of rotatable bonds is 8. The van der Waals surface area contributed by atoms with E-state index in [1.165, 1.54) is 4.31 Å². The molecule has 9 nitrogen and oxygen atoms in total. The lowest BCUT2D eigenvalue weighted by atomic mass is 9.97. The van der Waals surface area contributed by atoms with Crippen LogP contribution >= 0.6 is 0 Å². The first-order valence-electron chi connectivity index (χ1n) is 10.00. The standard InChI is InChI=1S/C19H29N5O4S/c1-4-14(2)24-18-6-5-16(13-17(18)21-22-24)29(26,27)23-10-7-15(8-11-23)19(25)20-9-12-28-3/h5-6,13-15H,4,7-12H2,1-3H3,(H,20,25)/t14-/m1/s1. The zero-order chi connectivity index (χ0) is 21.0. The Labute approximate surface area is 171 Å². The van der Waals surface area contributed by atoms with Crippen LogP contribution in [0.1, 0.15) is 39.2 Å². The average Bonchev–Trinajstić information content (AvgIpc) is 3.16. The van der Waals surface area contributed by atoms with Crippen LogP contribution in [0, 0.1) is 5.92 Å². The van der Waals surface area contributed by atoms with E-state index in [1.54, 1.807) is 25.3 Å². The number of carbonyl (C=O) groups is 1. The van der Waals surface area contributed by atoms with Crippen molar-refractivity contribution in [3.63, 3.8) is 0 Å². The van der Waals surface area contributed by atoms with E-state index in [-0.39, 0.29) is 22.8 Å². The van der Waals surface area contributed by atoms with Crippen LogP contribution in [0.4, 0.5) is 0 Å². The minimum atomic E-state index is -3.64. The molecule has 3 rings (SSSR count). The predicted molar refractivity (Wildman–Crippen MR) is 109 cm³/mol. The summed E-state index contributed by atoms with van der Waals surface area (Å²) in [7, 11) is -2.05. The van der Waals surface area contributed by atoms with Crippen molar-refractivity contribution >= 4 is 27.0 Å². The third-order valence-corrected chi connectivity index (χ3v) is 7.41. The Morgan fingerprint density at radius 2 is 2.07 bits per heavy atom. The molecule has 2 aromatic rings. The largest absolute Gasteiger partial charge is 0.383 e. The monoisotopic (exact) mass is 423 g/mol. The number of benzene rings is 1. The number of piperidine rings is 1. The highest BCUT2D eigenvalue weighted by atomic mass is 32.2. The number of aromatic nitrogens is 3. The van der Waals surface area contributed by atoms with Crippen molar-refractivity contribution in [2.75, 3.05) is 33.4 Å². The molecule has 1 aliphatic heterocycles. The fourth-order valence-electron chi connectivity index (χ4n) is 3.51. The van der Waals surface area contributed by atoms with Gasteiger partial charge in [-0.25, -0.2) is 13.1 Å². The molecule has 0 radical (unpaired) electrons. The molecule has 0 bridgehead atoms. The van der Waals surface area contributed by atoms with Crippen LogP contribution in [0.25, 0.3) is 11.0 Å². The summed E-state index contributed by atoms with van der Waals surface area (Å²) in [6, 6.07) is 5.16. The Morgan fingerprint density at radius 3 is 2.72 bits per heavy atom. The number of ether oxygens (including phenoxy) is 1. The predicted octanol–water partition coefficient (Wildman–Crippen LogP) is 1.57. The van der Waals surface area contributed by atoms with Crippen molar-refractivity contribution < 1.29 is 17.9 Å². The molecule has 0 unspecified atom stereocenters. The molecule has 29 heavy (non-hydrogen) atoms. The van der Waals surface area contributed by atoms with E-state index in [0.717, 1.165) is 11.9 Å². The van der Waals surface area contributed by atoms with Gasteiger partial charge in [0.05, 0.1) is 23.1 Å². The number of amides is 1. The van der Waals surface area contributed by atoms with Gasteiger partial charge in [-0.15, -0.1) is 5.10 Å². The van der Waals surface area contributed by atoms with Crippen LogP contribution in [0.2, 0.25) is 0 Å². The van der Waals surface area contributed by atoms with Crippen LogP contribution in [-0.2, 0) is 19.6 Å². The van der Waals surface area contributed by atoms with E-state index in [1.807, 2.05) is 11.6 Å². The minimum absolute atomic E-state index is 0.0397. The molecular weight excluding hydrogens is 394 g/mol. The van der Waals surface area contributed by atoms with Gasteiger partial charge in [0.1, 0.15) is 5.52 Å². The summed E-state index contributed by atoms with van der Waals surface area (Å²) in [5.74, 6) is -0.210. The number of sulfonamides is 1. The van der Waals surface area contributed by atoms with Gasteiger partial charge in [-0.3, -0.25) is 4.79 Å². The normalized spacial score (nSPS) is 17.5. The second kappa shape index (κ2) is 9.19. The summed E-state index contributed by atoms with van der Waals surface area (Å²) in [5, 5.41) is 11.1. The molecule has 1 atom stereocenters. The van der Waals surface area contributed by atoms with Crippen LogP contribution in [0.3, 0.4) is 0 Å². The number of hydrogen-bond acceptors (Lipinski definition) is 6. The van der Waals surface area contributed by atoms with Gasteiger partial charge in [-0.1, -0.05) is 12.1 Å². The van der Waals surface area contributed by atoms with E-state index in [9.17, 15) is 13.2 Å². The zero-order valence-corrected chi connectivity index (χ0v) is 18.0. The van der Waals surface area contributed by atoms with Gasteiger partial charge in [-0.2, -0.15) is 4.31 Å². The van der Waals surface area contributed by atoms with Gasteiger partial charge in [0.2, 0.25) is 15.9 Å². The molecule has 0 saturated carbocycles. The van der Waals surface area contributed by atoms with Gasteiger partial charge in [0.25, 0.3) is 0 Å². The molecular formula is C19H29N5O4S. The third-order valence-electron chi connectivity index (χ3n) is 5.52. The highest BCUT2D eigenvalue weighted by Gasteiger charge is 2.32. The molecule has 1 aromatic carbocycles. The molecule has 160 valence electrons. The molecule has 2 heterocycles. The van der Waals surface area contributed by atoms with Crippen molar-refractivity contribution in [2.45, 2.75) is 44.0 Å². The SMILES string of the molecule is CC[C@@H](C)n1nnc2cc(S(=O)(=O)N3CCC(C(=O)NCCOC)CC3)ccc21. The van der Waals surface area contributed by atoms with Gasteiger partial charge in [0, 0.05) is 32.7 Å². The van der Waals surface area contributed by atoms with Crippen LogP contribution < -0.4 is 5.32 Å². The van der Waals surface area contributed by atoms with E-state index >= 15 is 0 Å². The highest BCUT2D eigenvalue weighted by Crippen LogP contribution is 2.26. The van der Waals surface area contributed by atoms with Crippen molar-refractivity contribution in [3.05, 3.63) is 18.2 Å². The third kappa shape index (κ3) is 4.59. The molecule has 1 saturated heterocycles. The van der Waals surface area contributed by atoms with Gasteiger partial charge in [-0.05, 0) is 44.4 Å². The first-order chi connectivity index (χ1) is 13.9. The molecule has 1 aromatic heterocycles. The summed E-state index contributed by atoms with van der Waals surface area (Å²) in [5.41, 5.74) is 1.39. The maximum Gasteiger partial charge on any atom is 0.243 e. The molecule has 0 aliphatic carbocycles. The summed E-state index contributed by atoms with van der Waals surface area (Å²) in [4.78, 5) is 12.4. The van der Waals surface area contributed by atoms with E-state index in [4.69, 9.17) is 4.74 Å². The average molecular weight is 424 g/mol. The maximum absolute atomic E-state index is 13.1. The van der Waals surface area contributed by atoms with Crippen LogP contribution in [0.5, 0.6) is 0 Å². The van der Waals surface area contributed by atoms with Crippen molar-refractivity contribution in [2.24, 2.45) is 5.92 Å². The smallest absolute Gasteiger partial charge is 0.243 e. The van der Waals surface area contributed by atoms with Crippen LogP contribution in [0.15, 0.2) is 23.1 Å². The number of fused-ring (bicyclic) bond motifs is 1. The summed E-state index contributed by atoms with van der Waals surface area (Å²) >= 11 is 0. The molecule has 1 fully saturated rings. The topological polar surface area (TPSA) is 106 Å². The molecule has 1 N–H and O–H groups in total. The molecule has 10 heteroatoms. The maximum atomic E-state index is 13.1. The summed E-state index contributed by atoms with van der Waals surface area (Å²) in [6.45, 7) is 5.69. The second-order valence-corrected chi connectivity index (χ2v) is 9.34. The number of carbonyl (C=O) groups excluding carboxylic acids is 1. The van der Waals surface area contributed by atoms with E-state index in [0.29, 0.717) is 44.6 Å². The highest BCUT2D eigenvalue weighted by molar-refractivity contribution is 7.89. The zero-order valence-electron chi connectivity index (χ0n) is 17.2. The number of methoxy groups -OCH3 is 1. The lowest BCUT2D eigenvalue weighted by Gasteiger charge is -2.30. The first-order valence-corrected chi connectivity index (χ1v) is 11.4. The minimum Gasteiger partial charge on any atom is -0.383 e. The quantitative estimate of drug-likeness (QED) is 0.646. The van der Waals surface area contributed by atoms with E-state index < -0.39 is 10.0 Å². The molecule has 0 spiro atoms. The molecule has 1 amide bonds. The van der Waals surface area contributed by atoms with Crippen molar-refractivity contribution in [3.8, 4) is 0 Å². The molecule has 1 aliphatic rings. The number of nitrogens with one attached hydrogen (secondary N) is 1. The lowest BCUT2D eigenvalue weighted by molar-refractivity contribution is -0.126. The first kappa shape index (κ1) is 21.7. The Kier molecular flexibility index (Phi) is 6.86. The Bertz CT molecular complexity index is 951. The Morgan fingerprint density at radius 1 is 1.34 bits per heavy atom. The Hall–Kier alpha value is -2.04.